The fourth-order valence-corrected chi connectivity index (χ4v) is 5.04. The molecule has 0 aliphatic heterocycles. The van der Waals surface area contributed by atoms with Gasteiger partial charge in [0.25, 0.3) is 5.69 Å². The molecule has 0 N–H and O–H groups in total. The molecular weight excluding hydrogens is 496 g/mol. The van der Waals surface area contributed by atoms with Gasteiger partial charge in [-0.2, -0.15) is 0 Å². The Morgan fingerprint density at radius 1 is 1.08 bits per heavy atom. The average Bonchev–Trinajstić information content (AvgIpc) is 3.31. The average molecular weight is 523 g/mol. The maximum absolute atomic E-state index is 12.2. The molecule has 0 bridgehead atoms. The van der Waals surface area contributed by atoms with Crippen molar-refractivity contribution in [2.75, 3.05) is 13.2 Å². The quantitative estimate of drug-likeness (QED) is 0.162. The van der Waals surface area contributed by atoms with Crippen molar-refractivity contribution < 1.29 is 38.0 Å². The van der Waals surface area contributed by atoms with Crippen LogP contribution in [0.1, 0.15) is 25.5 Å². The summed E-state index contributed by atoms with van der Waals surface area (Å²) in [5.41, 5.74) is 1.03. The number of rotatable bonds is 10. The van der Waals surface area contributed by atoms with Gasteiger partial charge in [-0.1, -0.05) is 5.16 Å². The van der Waals surface area contributed by atoms with E-state index >= 15 is 0 Å². The molecule has 5 rings (SSSR count). The minimum atomic E-state index is -0.690. The Labute approximate surface area is 217 Å². The molecule has 0 radical (unpaired) electrons. The highest BCUT2D eigenvalue weighted by atomic mass is 16.6. The van der Waals surface area contributed by atoms with Crippen molar-refractivity contribution in [1.82, 2.24) is 5.16 Å². The molecule has 4 unspecified atom stereocenters. The Morgan fingerprint density at radius 3 is 2.47 bits per heavy atom. The molecule has 2 aliphatic rings. The van der Waals surface area contributed by atoms with Crippen molar-refractivity contribution >= 4 is 17.6 Å². The Kier molecular flexibility index (Phi) is 6.99. The lowest BCUT2D eigenvalue weighted by molar-refractivity contribution is -0.384. The smallest absolute Gasteiger partial charge is 0.349 e. The van der Waals surface area contributed by atoms with Crippen LogP contribution in [0, 0.1) is 34.8 Å². The minimum absolute atomic E-state index is 0.0200. The summed E-state index contributed by atoms with van der Waals surface area (Å²) in [5.74, 6) is 1.17. The van der Waals surface area contributed by atoms with E-state index in [4.69, 9.17) is 23.5 Å². The summed E-state index contributed by atoms with van der Waals surface area (Å²) in [5, 5.41) is 14.7. The summed E-state index contributed by atoms with van der Waals surface area (Å²) in [6, 6.07) is 12.4. The van der Waals surface area contributed by atoms with Crippen molar-refractivity contribution in [3.8, 4) is 28.6 Å². The first-order valence-electron chi connectivity index (χ1n) is 12.3. The van der Waals surface area contributed by atoms with Crippen LogP contribution in [0.15, 0.2) is 53.1 Å². The molecule has 2 aliphatic carbocycles. The third kappa shape index (κ3) is 5.17. The molecule has 11 heteroatoms. The number of aromatic nitrogens is 1. The number of hydrogen-bond donors (Lipinski definition) is 0. The first kappa shape index (κ1) is 25.2. The van der Waals surface area contributed by atoms with Crippen LogP contribution in [0.3, 0.4) is 0 Å². The van der Waals surface area contributed by atoms with Crippen molar-refractivity contribution in [3.63, 3.8) is 0 Å². The number of esters is 2. The van der Waals surface area contributed by atoms with Gasteiger partial charge < -0.3 is 23.5 Å². The molecular formula is C27H26N2O9. The molecule has 1 aromatic heterocycles. The van der Waals surface area contributed by atoms with Crippen molar-refractivity contribution in [1.29, 1.82) is 0 Å². The molecule has 38 heavy (non-hydrogen) atoms. The number of nitrogens with zero attached hydrogens (tertiary/aromatic N) is 2. The molecule has 0 saturated heterocycles. The van der Waals surface area contributed by atoms with Gasteiger partial charge in [0.1, 0.15) is 23.3 Å². The molecule has 198 valence electrons. The molecule has 2 saturated carbocycles. The van der Waals surface area contributed by atoms with E-state index in [0.717, 1.165) is 12.8 Å². The molecule has 4 atom stereocenters. The van der Waals surface area contributed by atoms with E-state index in [2.05, 4.69) is 5.16 Å². The van der Waals surface area contributed by atoms with Crippen LogP contribution in [0.25, 0.3) is 11.3 Å². The molecule has 0 amide bonds. The zero-order valence-corrected chi connectivity index (χ0v) is 20.8. The predicted molar refractivity (Wildman–Crippen MR) is 132 cm³/mol. The largest absolute Gasteiger partial charge is 0.490 e. The number of fused-ring (bicyclic) bond motifs is 1. The lowest BCUT2D eigenvalue weighted by Gasteiger charge is -2.17. The first-order valence-corrected chi connectivity index (χ1v) is 12.3. The van der Waals surface area contributed by atoms with Crippen LogP contribution in [-0.2, 0) is 14.3 Å². The number of carbonyl (C=O) groups excluding carboxylic acids is 2. The second-order valence-electron chi connectivity index (χ2n) is 9.22. The third-order valence-corrected chi connectivity index (χ3v) is 6.83. The zero-order valence-electron chi connectivity index (χ0n) is 20.8. The maximum atomic E-state index is 12.2. The number of hydrogen-bond acceptors (Lipinski definition) is 10. The fourth-order valence-electron chi connectivity index (χ4n) is 5.04. The molecule has 1 heterocycles. The van der Waals surface area contributed by atoms with Gasteiger partial charge in [0.05, 0.1) is 17.4 Å². The Bertz CT molecular complexity index is 1330. The van der Waals surface area contributed by atoms with E-state index in [9.17, 15) is 19.7 Å². The van der Waals surface area contributed by atoms with Crippen molar-refractivity contribution in [3.05, 3.63) is 64.3 Å². The first-order chi connectivity index (χ1) is 18.4. The molecule has 0 spiro atoms. The normalized spacial score (nSPS) is 21.3. The molecule has 11 nitrogen and oxygen atoms in total. The number of aryl methyl sites for hydroxylation is 1. The number of ether oxygens (including phenoxy) is 4. The predicted octanol–water partition coefficient (Wildman–Crippen LogP) is 4.51. The second kappa shape index (κ2) is 10.5. The summed E-state index contributed by atoms with van der Waals surface area (Å²) in [6.07, 6.45) is 1.84. The van der Waals surface area contributed by atoms with Gasteiger partial charge in [0.15, 0.2) is 12.4 Å². The van der Waals surface area contributed by atoms with Crippen molar-refractivity contribution in [2.24, 2.45) is 17.8 Å². The fraction of sp³-hybridized carbons (Fsp3) is 0.370. The van der Waals surface area contributed by atoms with Crippen molar-refractivity contribution in [2.45, 2.75) is 32.8 Å². The SMILES string of the molecule is CCOC(=O)C1C2CCC(Oc3ccc(-c4onc(C)c4OCC(=O)Oc4ccc([N+](=O)[O-])cc4)cc3)C21. The summed E-state index contributed by atoms with van der Waals surface area (Å²) in [6.45, 7) is 3.47. The third-order valence-electron chi connectivity index (χ3n) is 6.83. The summed E-state index contributed by atoms with van der Waals surface area (Å²) < 4.78 is 27.6. The maximum Gasteiger partial charge on any atom is 0.349 e. The summed E-state index contributed by atoms with van der Waals surface area (Å²) >= 11 is 0. The number of carbonyl (C=O) groups is 2. The Hall–Kier alpha value is -4.41. The Balaban J connectivity index is 1.18. The molecule has 2 aromatic carbocycles. The van der Waals surface area contributed by atoms with Gasteiger partial charge in [0, 0.05) is 23.6 Å². The molecule has 3 aromatic rings. The van der Waals surface area contributed by atoms with Gasteiger partial charge in [-0.15, -0.1) is 0 Å². The van der Waals surface area contributed by atoms with Crippen LogP contribution < -0.4 is 14.2 Å². The van der Waals surface area contributed by atoms with Gasteiger partial charge in [-0.25, -0.2) is 4.79 Å². The Morgan fingerprint density at radius 2 is 1.79 bits per heavy atom. The summed E-state index contributed by atoms with van der Waals surface area (Å²) in [4.78, 5) is 34.6. The second-order valence-corrected chi connectivity index (χ2v) is 9.22. The number of nitro benzene ring substituents is 1. The van der Waals surface area contributed by atoms with Gasteiger partial charge in [-0.3, -0.25) is 14.9 Å². The van der Waals surface area contributed by atoms with Crippen LogP contribution in [0.4, 0.5) is 5.69 Å². The monoisotopic (exact) mass is 522 g/mol. The van der Waals surface area contributed by atoms with E-state index in [1.165, 1.54) is 24.3 Å². The van der Waals surface area contributed by atoms with Crippen LogP contribution in [-0.4, -0.2) is 41.3 Å². The van der Waals surface area contributed by atoms with Crippen LogP contribution >= 0.6 is 0 Å². The number of benzene rings is 2. The van der Waals surface area contributed by atoms with E-state index in [1.807, 2.05) is 19.1 Å². The van der Waals surface area contributed by atoms with E-state index in [-0.39, 0.29) is 35.3 Å². The number of non-ortho nitro benzene ring substituents is 1. The van der Waals surface area contributed by atoms with E-state index < -0.39 is 17.5 Å². The topological polar surface area (TPSA) is 140 Å². The highest BCUT2D eigenvalue weighted by Crippen LogP contribution is 2.59. The zero-order chi connectivity index (χ0) is 26.8. The van der Waals surface area contributed by atoms with Gasteiger partial charge in [-0.05, 0) is 69.0 Å². The lowest BCUT2D eigenvalue weighted by atomic mass is 10.1. The lowest BCUT2D eigenvalue weighted by Crippen LogP contribution is -2.21. The minimum Gasteiger partial charge on any atom is -0.490 e. The van der Waals surface area contributed by atoms with E-state index in [1.54, 1.807) is 19.1 Å². The number of nitro groups is 1. The van der Waals surface area contributed by atoms with E-state index in [0.29, 0.717) is 41.0 Å². The molecule has 2 fully saturated rings. The van der Waals surface area contributed by atoms with Gasteiger partial charge >= 0.3 is 11.9 Å². The highest BCUT2D eigenvalue weighted by molar-refractivity contribution is 5.77. The van der Waals surface area contributed by atoms with Gasteiger partial charge in [0.2, 0.25) is 5.76 Å². The highest BCUT2D eigenvalue weighted by Gasteiger charge is 2.63. The van der Waals surface area contributed by atoms with Crippen LogP contribution in [0.2, 0.25) is 0 Å². The summed E-state index contributed by atoms with van der Waals surface area (Å²) in [7, 11) is 0. The standard InChI is InChI=1S/C27H26N2O9/c1-3-34-27(31)24-20-12-13-21(23(20)24)36-18-8-4-16(5-9-18)26-25(15(2)28-38-26)35-14-22(30)37-19-10-6-17(7-11-19)29(32)33/h4-11,20-21,23-24H,3,12-14H2,1-2H3. The van der Waals surface area contributed by atoms with Crippen LogP contribution in [0.5, 0.6) is 17.2 Å².